The molecule has 1 aromatic rings. The molecule has 1 rings (SSSR count). The van der Waals surface area contributed by atoms with Crippen molar-refractivity contribution in [3.05, 3.63) is 46.0 Å². The molecule has 0 aliphatic carbocycles. The van der Waals surface area contributed by atoms with Crippen LogP contribution in [-0.2, 0) is 0 Å². The van der Waals surface area contributed by atoms with Crippen LogP contribution >= 0.6 is 0 Å². The lowest BCUT2D eigenvalue weighted by Gasteiger charge is -2.08. The highest BCUT2D eigenvalue weighted by Crippen LogP contribution is 2.14. The van der Waals surface area contributed by atoms with E-state index in [1.165, 1.54) is 0 Å². The molecule has 1 amide bonds. The van der Waals surface area contributed by atoms with Gasteiger partial charge in [-0.15, -0.1) is 0 Å². The number of benzene rings is 1. The van der Waals surface area contributed by atoms with Crippen LogP contribution < -0.4 is 5.32 Å². The van der Waals surface area contributed by atoms with Crippen LogP contribution in [0.1, 0.15) is 11.6 Å². The molecule has 1 atom stereocenters. The molecule has 0 radical (unpaired) electrons. The van der Waals surface area contributed by atoms with Crippen molar-refractivity contribution in [3.8, 4) is 0 Å². The van der Waals surface area contributed by atoms with Gasteiger partial charge < -0.3 is 10.4 Å². The van der Waals surface area contributed by atoms with Crippen LogP contribution in [0.25, 0.3) is 0 Å². The van der Waals surface area contributed by atoms with Gasteiger partial charge in [-0.05, 0) is 0 Å². The third-order valence-electron chi connectivity index (χ3n) is 1.89. The highest BCUT2D eigenvalue weighted by atomic mass is 16.6. The Balaban J connectivity index is 2.75. The van der Waals surface area contributed by atoms with E-state index in [4.69, 9.17) is 5.11 Å². The molecule has 1 unspecified atom stereocenters. The molecule has 0 saturated heterocycles. The number of carboxylic acid groups (broad SMARTS) is 1. The molecule has 1 aromatic carbocycles. The van der Waals surface area contributed by atoms with Crippen molar-refractivity contribution in [2.24, 2.45) is 0 Å². The van der Waals surface area contributed by atoms with Crippen molar-refractivity contribution in [2.45, 2.75) is 6.04 Å². The van der Waals surface area contributed by atoms with E-state index >= 15 is 0 Å². The van der Waals surface area contributed by atoms with Crippen LogP contribution in [0.2, 0.25) is 0 Å². The molecule has 0 heterocycles. The van der Waals surface area contributed by atoms with E-state index in [-0.39, 0.29) is 6.54 Å². The van der Waals surface area contributed by atoms with Gasteiger partial charge in [0.05, 0.1) is 6.54 Å². The molecular weight excluding hydrogens is 200 g/mol. The van der Waals surface area contributed by atoms with Crippen molar-refractivity contribution in [3.63, 3.8) is 0 Å². The minimum Gasteiger partial charge on any atom is -0.465 e. The van der Waals surface area contributed by atoms with Gasteiger partial charge in [0.1, 0.15) is 0 Å². The monoisotopic (exact) mass is 210 g/mol. The second-order valence-corrected chi connectivity index (χ2v) is 2.90. The van der Waals surface area contributed by atoms with E-state index in [0.29, 0.717) is 5.56 Å². The van der Waals surface area contributed by atoms with Crippen LogP contribution in [0.5, 0.6) is 0 Å². The molecule has 0 aliphatic heterocycles. The summed E-state index contributed by atoms with van der Waals surface area (Å²) in [5.74, 6) is 0. The van der Waals surface area contributed by atoms with Crippen LogP contribution in [-0.4, -0.2) is 22.7 Å². The van der Waals surface area contributed by atoms with E-state index in [0.717, 1.165) is 0 Å². The number of amides is 1. The Morgan fingerprint density at radius 3 is 2.53 bits per heavy atom. The highest BCUT2D eigenvalue weighted by molar-refractivity contribution is 5.64. The second-order valence-electron chi connectivity index (χ2n) is 2.90. The first-order chi connectivity index (χ1) is 7.11. The Labute approximate surface area is 85.7 Å². The normalized spacial score (nSPS) is 11.7. The van der Waals surface area contributed by atoms with Gasteiger partial charge in [0.2, 0.25) is 0 Å². The summed E-state index contributed by atoms with van der Waals surface area (Å²) in [5.41, 5.74) is 0.483. The van der Waals surface area contributed by atoms with Crippen molar-refractivity contribution >= 4 is 6.09 Å². The van der Waals surface area contributed by atoms with Gasteiger partial charge in [-0.3, -0.25) is 10.1 Å². The Morgan fingerprint density at radius 1 is 1.47 bits per heavy atom. The molecule has 0 spiro atoms. The lowest BCUT2D eigenvalue weighted by atomic mass is 10.1. The van der Waals surface area contributed by atoms with Crippen LogP contribution in [0.15, 0.2) is 30.3 Å². The average molecular weight is 210 g/mol. The van der Waals surface area contributed by atoms with Gasteiger partial charge >= 0.3 is 6.09 Å². The summed E-state index contributed by atoms with van der Waals surface area (Å²) in [6.45, 7) is -0.230. The van der Waals surface area contributed by atoms with Crippen molar-refractivity contribution in [2.75, 3.05) is 6.54 Å². The van der Waals surface area contributed by atoms with Crippen LogP contribution in [0, 0.1) is 10.1 Å². The average Bonchev–Trinajstić information content (AvgIpc) is 2.18. The van der Waals surface area contributed by atoms with Gasteiger partial charge in [-0.2, -0.15) is 0 Å². The van der Waals surface area contributed by atoms with Gasteiger partial charge in [-0.25, -0.2) is 4.79 Å². The van der Waals surface area contributed by atoms with E-state index < -0.39 is 17.1 Å². The summed E-state index contributed by atoms with van der Waals surface area (Å²) < 4.78 is 0. The molecule has 6 nitrogen and oxygen atoms in total. The van der Waals surface area contributed by atoms with Gasteiger partial charge in [0.25, 0.3) is 6.04 Å². The first-order valence-electron chi connectivity index (χ1n) is 4.26. The smallest absolute Gasteiger partial charge is 0.404 e. The van der Waals surface area contributed by atoms with Gasteiger partial charge in [0, 0.05) is 10.5 Å². The van der Waals surface area contributed by atoms with Gasteiger partial charge in [-0.1, -0.05) is 30.3 Å². The topological polar surface area (TPSA) is 92.5 Å². The predicted octanol–water partition coefficient (Wildman–Crippen LogP) is 1.27. The molecule has 6 heteroatoms. The maximum atomic E-state index is 10.7. The Hall–Kier alpha value is -2.11. The second kappa shape index (κ2) is 4.94. The van der Waals surface area contributed by atoms with Crippen LogP contribution in [0.3, 0.4) is 0 Å². The first kappa shape index (κ1) is 11.0. The molecule has 2 N–H and O–H groups in total. The number of nitrogens with zero attached hydrogens (tertiary/aromatic N) is 1. The molecule has 0 saturated carbocycles. The number of nitro groups is 1. The number of hydrogen-bond donors (Lipinski definition) is 2. The van der Waals surface area contributed by atoms with E-state index in [9.17, 15) is 14.9 Å². The largest absolute Gasteiger partial charge is 0.465 e. The molecule has 0 fully saturated rings. The van der Waals surface area contributed by atoms with E-state index in [1.54, 1.807) is 30.3 Å². The minimum atomic E-state index is -1.27. The summed E-state index contributed by atoms with van der Waals surface area (Å²) in [6, 6.07) is 7.24. The quantitative estimate of drug-likeness (QED) is 0.578. The fraction of sp³-hybridized carbons (Fsp3) is 0.222. The third-order valence-corrected chi connectivity index (χ3v) is 1.89. The summed E-state index contributed by atoms with van der Waals surface area (Å²) in [6.07, 6.45) is -1.27. The van der Waals surface area contributed by atoms with E-state index in [1.807, 2.05) is 5.32 Å². The molecule has 0 aromatic heterocycles. The van der Waals surface area contributed by atoms with Crippen molar-refractivity contribution in [1.82, 2.24) is 5.32 Å². The Morgan fingerprint density at radius 2 is 2.07 bits per heavy atom. The fourth-order valence-electron chi connectivity index (χ4n) is 1.17. The maximum absolute atomic E-state index is 10.7. The SMILES string of the molecule is O=C(O)NCC(c1ccccc1)[N+](=O)[O-]. The lowest BCUT2D eigenvalue weighted by Crippen LogP contribution is -2.30. The highest BCUT2D eigenvalue weighted by Gasteiger charge is 2.22. The van der Waals surface area contributed by atoms with Crippen molar-refractivity contribution in [1.29, 1.82) is 0 Å². The summed E-state index contributed by atoms with van der Waals surface area (Å²) in [5, 5.41) is 21.0. The molecule has 0 aliphatic rings. The van der Waals surface area contributed by atoms with Crippen LogP contribution in [0.4, 0.5) is 4.79 Å². The molecule has 80 valence electrons. The number of hydrogen-bond acceptors (Lipinski definition) is 3. The summed E-state index contributed by atoms with van der Waals surface area (Å²) >= 11 is 0. The summed E-state index contributed by atoms with van der Waals surface area (Å²) in [7, 11) is 0. The predicted molar refractivity (Wildman–Crippen MR) is 52.2 cm³/mol. The number of carbonyl (C=O) groups is 1. The summed E-state index contributed by atoms with van der Waals surface area (Å²) in [4.78, 5) is 20.4. The molecule has 15 heavy (non-hydrogen) atoms. The first-order valence-corrected chi connectivity index (χ1v) is 4.26. The number of rotatable bonds is 4. The fourth-order valence-corrected chi connectivity index (χ4v) is 1.17. The standard InChI is InChI=1S/C9H10N2O4/c12-9(13)10-6-8(11(14)15)7-4-2-1-3-5-7/h1-5,8,10H,6H2,(H,12,13). The number of nitrogens with one attached hydrogen (secondary N) is 1. The Bertz CT molecular complexity index is 352. The maximum Gasteiger partial charge on any atom is 0.404 e. The minimum absolute atomic E-state index is 0.230. The van der Waals surface area contributed by atoms with Crippen molar-refractivity contribution < 1.29 is 14.8 Å². The third kappa shape index (κ3) is 3.26. The Kier molecular flexibility index (Phi) is 3.61. The zero-order valence-corrected chi connectivity index (χ0v) is 7.79. The van der Waals surface area contributed by atoms with E-state index in [2.05, 4.69) is 0 Å². The molecular formula is C9H10N2O4. The lowest BCUT2D eigenvalue weighted by molar-refractivity contribution is -0.526. The van der Waals surface area contributed by atoms with Gasteiger partial charge in [0.15, 0.2) is 0 Å². The zero-order chi connectivity index (χ0) is 11.3. The molecule has 0 bridgehead atoms. The zero-order valence-electron chi connectivity index (χ0n) is 7.79.